The molecule has 0 saturated carbocycles. The third-order valence-corrected chi connectivity index (χ3v) is 8.06. The summed E-state index contributed by atoms with van der Waals surface area (Å²) in [6.07, 6.45) is -2.28. The van der Waals surface area contributed by atoms with Crippen LogP contribution in [0.15, 0.2) is 146 Å². The molecule has 0 aromatic heterocycles. The Morgan fingerprint density at radius 3 is 0.811 bits per heavy atom. The van der Waals surface area contributed by atoms with Gasteiger partial charge in [-0.3, -0.25) is 0 Å². The number of benzene rings is 6. The van der Waals surface area contributed by atoms with E-state index in [1.165, 1.54) is 0 Å². The summed E-state index contributed by atoms with van der Waals surface area (Å²) in [7, 11) is 0. The summed E-state index contributed by atoms with van der Waals surface area (Å²) < 4.78 is 22.5. The van der Waals surface area contributed by atoms with Crippen LogP contribution in [-0.4, -0.2) is 22.2 Å². The van der Waals surface area contributed by atoms with Crippen molar-refractivity contribution >= 4 is 58.3 Å². The fourth-order valence-corrected chi connectivity index (χ4v) is 5.02. The van der Waals surface area contributed by atoms with Crippen LogP contribution in [0.5, 0.6) is 34.5 Å². The number of aliphatic carboxylic acids is 2. The molecule has 0 heterocycles. The van der Waals surface area contributed by atoms with Gasteiger partial charge in [-0.05, 0) is 121 Å². The first-order valence-electron chi connectivity index (χ1n) is 15.4. The standard InChI is InChI=1S/2C20H14Cl2O4.Cu/c2*21-14-3-9-17(10-4-14)25-16-7-1-13(2-8-16)19(20(23)24)26-18-11-5-15(22)6-12-18;/h2*1-12,19H,(H,23,24);. The Hall–Kier alpha value is -4.86. The molecule has 275 valence electrons. The molecule has 0 aliphatic rings. The SMILES string of the molecule is O=C(O)C(Oc1ccc(Cl)cc1)c1ccc(Oc2ccc(Cl)cc2)cc1.O=C(O)C(Oc1ccc(Cl)cc1)c1ccc(Oc2ccc(Cl)cc2)cc1.[Cu]. The molecular formula is C40H28Cl4CuO8. The second-order valence-electron chi connectivity index (χ2n) is 10.8. The number of hydrogen-bond donors (Lipinski definition) is 2. The summed E-state index contributed by atoms with van der Waals surface area (Å²) >= 11 is 23.3. The molecule has 2 unspecified atom stereocenters. The van der Waals surface area contributed by atoms with E-state index in [9.17, 15) is 19.8 Å². The number of carboxylic acids is 2. The monoisotopic (exact) mass is 839 g/mol. The molecule has 13 heteroatoms. The van der Waals surface area contributed by atoms with Crippen molar-refractivity contribution in [2.24, 2.45) is 0 Å². The summed E-state index contributed by atoms with van der Waals surface area (Å²) in [4.78, 5) is 23.2. The molecule has 6 aromatic rings. The first-order chi connectivity index (χ1) is 25.0. The summed E-state index contributed by atoms with van der Waals surface area (Å²) in [6, 6.07) is 40.3. The Balaban J connectivity index is 0.000000232. The van der Waals surface area contributed by atoms with Crippen molar-refractivity contribution < 1.29 is 55.8 Å². The normalized spacial score (nSPS) is 11.4. The second kappa shape index (κ2) is 19.8. The van der Waals surface area contributed by atoms with Crippen LogP contribution in [0.25, 0.3) is 0 Å². The van der Waals surface area contributed by atoms with Gasteiger partial charge in [-0.1, -0.05) is 70.7 Å². The van der Waals surface area contributed by atoms with Gasteiger partial charge in [0, 0.05) is 48.3 Å². The molecule has 0 spiro atoms. The first kappa shape index (κ1) is 40.9. The van der Waals surface area contributed by atoms with Gasteiger partial charge in [-0.15, -0.1) is 0 Å². The molecular weight excluding hydrogens is 814 g/mol. The van der Waals surface area contributed by atoms with Gasteiger partial charge in [0.1, 0.15) is 34.5 Å². The minimum Gasteiger partial charge on any atom is -0.478 e. The molecule has 0 bridgehead atoms. The molecule has 2 N–H and O–H groups in total. The van der Waals surface area contributed by atoms with E-state index in [1.54, 1.807) is 146 Å². The van der Waals surface area contributed by atoms with Crippen LogP contribution < -0.4 is 18.9 Å². The van der Waals surface area contributed by atoms with Gasteiger partial charge in [0.25, 0.3) is 0 Å². The Morgan fingerprint density at radius 1 is 0.377 bits per heavy atom. The minimum atomic E-state index is -1.14. The molecule has 0 fully saturated rings. The predicted molar refractivity (Wildman–Crippen MR) is 201 cm³/mol. The van der Waals surface area contributed by atoms with Gasteiger partial charge < -0.3 is 29.2 Å². The zero-order valence-electron chi connectivity index (χ0n) is 27.2. The third-order valence-electron chi connectivity index (χ3n) is 7.05. The van der Waals surface area contributed by atoms with Crippen molar-refractivity contribution in [3.63, 3.8) is 0 Å². The van der Waals surface area contributed by atoms with Crippen LogP contribution >= 0.6 is 46.4 Å². The van der Waals surface area contributed by atoms with Crippen molar-refractivity contribution in [3.8, 4) is 34.5 Å². The number of halogens is 4. The molecule has 2 atom stereocenters. The van der Waals surface area contributed by atoms with E-state index in [4.69, 9.17) is 65.4 Å². The predicted octanol–water partition coefficient (Wildman–Crippen LogP) is 12.0. The van der Waals surface area contributed by atoms with Crippen molar-refractivity contribution in [2.75, 3.05) is 0 Å². The van der Waals surface area contributed by atoms with Gasteiger partial charge in [0.15, 0.2) is 0 Å². The maximum absolute atomic E-state index is 11.6. The Bertz CT molecular complexity index is 1910. The molecule has 0 saturated heterocycles. The van der Waals surface area contributed by atoms with E-state index in [0.29, 0.717) is 65.7 Å². The second-order valence-corrected chi connectivity index (χ2v) is 12.6. The van der Waals surface area contributed by atoms with E-state index in [-0.39, 0.29) is 17.1 Å². The van der Waals surface area contributed by atoms with Crippen LogP contribution in [0.2, 0.25) is 20.1 Å². The van der Waals surface area contributed by atoms with Gasteiger partial charge in [0.2, 0.25) is 12.2 Å². The summed E-state index contributed by atoms with van der Waals surface area (Å²) in [5.74, 6) is 1.08. The van der Waals surface area contributed by atoms with E-state index in [2.05, 4.69) is 0 Å². The van der Waals surface area contributed by atoms with Gasteiger partial charge in [-0.25, -0.2) is 9.59 Å². The Kier molecular flexibility index (Phi) is 15.3. The van der Waals surface area contributed by atoms with Gasteiger partial charge in [0.05, 0.1) is 0 Å². The summed E-state index contributed by atoms with van der Waals surface area (Å²) in [5, 5.41) is 21.3. The van der Waals surface area contributed by atoms with E-state index in [0.717, 1.165) is 0 Å². The zero-order chi connectivity index (χ0) is 37.0. The fourth-order valence-electron chi connectivity index (χ4n) is 4.52. The first-order valence-corrected chi connectivity index (χ1v) is 16.9. The Morgan fingerprint density at radius 2 is 0.585 bits per heavy atom. The molecule has 53 heavy (non-hydrogen) atoms. The molecule has 8 nitrogen and oxygen atoms in total. The van der Waals surface area contributed by atoms with Crippen molar-refractivity contribution in [1.82, 2.24) is 0 Å². The molecule has 6 aromatic carbocycles. The zero-order valence-corrected chi connectivity index (χ0v) is 31.1. The van der Waals surface area contributed by atoms with E-state index >= 15 is 0 Å². The van der Waals surface area contributed by atoms with Crippen molar-refractivity contribution in [1.29, 1.82) is 0 Å². The summed E-state index contributed by atoms with van der Waals surface area (Å²) in [5.41, 5.74) is 0.992. The average Bonchev–Trinajstić information content (AvgIpc) is 3.14. The van der Waals surface area contributed by atoms with Crippen LogP contribution in [0, 0.1) is 0 Å². The molecule has 0 aliphatic heterocycles. The summed E-state index contributed by atoms with van der Waals surface area (Å²) in [6.45, 7) is 0. The largest absolute Gasteiger partial charge is 0.478 e. The van der Waals surface area contributed by atoms with E-state index in [1.807, 2.05) is 0 Å². The molecule has 0 aliphatic carbocycles. The molecule has 6 rings (SSSR count). The maximum Gasteiger partial charge on any atom is 0.349 e. The van der Waals surface area contributed by atoms with Crippen molar-refractivity contribution in [3.05, 3.63) is 177 Å². The third kappa shape index (κ3) is 12.6. The molecule has 0 amide bonds. The number of hydrogen-bond acceptors (Lipinski definition) is 6. The van der Waals surface area contributed by atoms with Gasteiger partial charge >= 0.3 is 11.9 Å². The van der Waals surface area contributed by atoms with Crippen LogP contribution in [0.4, 0.5) is 0 Å². The quantitative estimate of drug-likeness (QED) is 0.117. The van der Waals surface area contributed by atoms with Crippen LogP contribution in [0.1, 0.15) is 23.3 Å². The maximum atomic E-state index is 11.6. The van der Waals surface area contributed by atoms with Gasteiger partial charge in [-0.2, -0.15) is 0 Å². The number of carboxylic acid groups (broad SMARTS) is 2. The van der Waals surface area contributed by atoms with Crippen LogP contribution in [0.3, 0.4) is 0 Å². The molecule has 1 radical (unpaired) electrons. The minimum absolute atomic E-state index is 0. The topological polar surface area (TPSA) is 112 Å². The van der Waals surface area contributed by atoms with Crippen molar-refractivity contribution in [2.45, 2.75) is 12.2 Å². The number of rotatable bonds is 12. The number of ether oxygens (including phenoxy) is 4. The Labute approximate surface area is 335 Å². The smallest absolute Gasteiger partial charge is 0.349 e. The number of carbonyl (C=O) groups is 2. The average molecular weight is 842 g/mol. The van der Waals surface area contributed by atoms with Crippen LogP contribution in [-0.2, 0) is 26.7 Å². The fraction of sp³-hybridized carbons (Fsp3) is 0.0500. The van der Waals surface area contributed by atoms with E-state index < -0.39 is 24.1 Å².